The maximum atomic E-state index is 12.9. The summed E-state index contributed by atoms with van der Waals surface area (Å²) in [5, 5.41) is 0. The van der Waals surface area contributed by atoms with Gasteiger partial charge in [-0.15, -0.1) is 0 Å². The molecule has 4 rings (SSSR count). The Hall–Kier alpha value is -2.92. The molecule has 0 aromatic heterocycles. The number of carbonyl (C=O) groups excluding carboxylic acids is 1. The number of methoxy groups -OCH3 is 2. The minimum Gasteiger partial charge on any atom is -0.496 e. The van der Waals surface area contributed by atoms with Crippen molar-refractivity contribution in [1.29, 1.82) is 0 Å². The van der Waals surface area contributed by atoms with Crippen molar-refractivity contribution in [3.8, 4) is 11.5 Å². The lowest BCUT2D eigenvalue weighted by Gasteiger charge is -2.32. The number of benzene rings is 2. The molecule has 10 heteroatoms. The molecule has 0 atom stereocenters. The molecule has 0 saturated carbocycles. The number of likely N-dealkylation sites (N-methyl/N-ethyl adjacent to an activating group) is 1. The normalized spacial score (nSPS) is 17.2. The number of anilines is 1. The number of allylic oxidation sites excluding steroid dienone is 1. The number of hydrogen-bond acceptors (Lipinski definition) is 8. The number of ether oxygens (including phenoxy) is 2. The Labute approximate surface area is 232 Å². The lowest BCUT2D eigenvalue weighted by Crippen LogP contribution is -2.45. The first-order chi connectivity index (χ1) is 18.8. The molecule has 0 radical (unpaired) electrons. The van der Waals surface area contributed by atoms with Crippen molar-refractivity contribution in [2.24, 2.45) is 0 Å². The van der Waals surface area contributed by atoms with E-state index in [1.807, 2.05) is 12.1 Å². The van der Waals surface area contributed by atoms with Crippen molar-refractivity contribution in [1.82, 2.24) is 14.5 Å². The number of nitrogens with one attached hydrogen (secondary N) is 1. The van der Waals surface area contributed by atoms with Crippen LogP contribution in [-0.4, -0.2) is 97.6 Å². The third-order valence-corrected chi connectivity index (χ3v) is 8.86. The molecule has 2 fully saturated rings. The van der Waals surface area contributed by atoms with Crippen LogP contribution in [0.15, 0.2) is 47.4 Å². The van der Waals surface area contributed by atoms with Gasteiger partial charge in [-0.05, 0) is 75.3 Å². The minimum atomic E-state index is -3.64. The Morgan fingerprint density at radius 1 is 0.949 bits per heavy atom. The Kier molecular flexibility index (Phi) is 10.0. The van der Waals surface area contributed by atoms with Crippen LogP contribution in [0.3, 0.4) is 0 Å². The molecule has 1 N–H and O–H groups in total. The molecule has 2 heterocycles. The lowest BCUT2D eigenvalue weighted by molar-refractivity contribution is 0.104. The molecule has 2 aromatic carbocycles. The van der Waals surface area contributed by atoms with Crippen LogP contribution < -0.4 is 19.1 Å². The highest BCUT2D eigenvalue weighted by Crippen LogP contribution is 2.37. The maximum Gasteiger partial charge on any atom is 0.240 e. The van der Waals surface area contributed by atoms with Crippen LogP contribution in [0.4, 0.5) is 5.69 Å². The zero-order valence-electron chi connectivity index (χ0n) is 23.2. The molecule has 2 saturated heterocycles. The van der Waals surface area contributed by atoms with Gasteiger partial charge in [0.1, 0.15) is 11.5 Å². The van der Waals surface area contributed by atoms with Gasteiger partial charge in [-0.1, -0.05) is 0 Å². The molecule has 2 aliphatic heterocycles. The molecule has 0 aliphatic carbocycles. The van der Waals surface area contributed by atoms with Crippen molar-refractivity contribution in [3.05, 3.63) is 53.6 Å². The van der Waals surface area contributed by atoms with E-state index in [1.165, 1.54) is 18.2 Å². The average molecular weight is 557 g/mol. The van der Waals surface area contributed by atoms with Crippen molar-refractivity contribution in [3.63, 3.8) is 0 Å². The number of sulfonamides is 1. The van der Waals surface area contributed by atoms with E-state index < -0.39 is 10.0 Å². The molecule has 0 bridgehead atoms. The van der Waals surface area contributed by atoms with E-state index in [9.17, 15) is 13.2 Å². The Morgan fingerprint density at radius 3 is 2.26 bits per heavy atom. The first kappa shape index (κ1) is 29.1. The summed E-state index contributed by atoms with van der Waals surface area (Å²) in [6, 6.07) is 9.87. The minimum absolute atomic E-state index is 0.148. The molecule has 0 unspecified atom stereocenters. The number of piperazine rings is 1. The van der Waals surface area contributed by atoms with Gasteiger partial charge in [0, 0.05) is 63.0 Å². The van der Waals surface area contributed by atoms with E-state index in [0.29, 0.717) is 17.9 Å². The van der Waals surface area contributed by atoms with Crippen molar-refractivity contribution >= 4 is 27.6 Å². The molecule has 0 spiro atoms. The predicted octanol–water partition coefficient (Wildman–Crippen LogP) is 3.12. The summed E-state index contributed by atoms with van der Waals surface area (Å²) in [4.78, 5) is 20.0. The lowest BCUT2D eigenvalue weighted by atomic mass is 10.1. The molecule has 2 aliphatic rings. The van der Waals surface area contributed by atoms with Gasteiger partial charge in [0.15, 0.2) is 5.78 Å². The van der Waals surface area contributed by atoms with Gasteiger partial charge in [0.25, 0.3) is 0 Å². The van der Waals surface area contributed by atoms with E-state index in [0.717, 1.165) is 82.1 Å². The van der Waals surface area contributed by atoms with Crippen LogP contribution in [0, 0.1) is 0 Å². The van der Waals surface area contributed by atoms with E-state index in [-0.39, 0.29) is 10.7 Å². The second kappa shape index (κ2) is 13.4. The standard InChI is InChI=1S/C29H40N4O5S/c1-31-17-19-32(20-18-31)14-6-13-30-39(35,36)25-10-7-23(8-11-25)27(34)12-9-24-21-26(33-15-4-5-16-33)29(38-3)22-28(24)37-2/h7-12,21-22,30H,4-6,13-20H2,1-3H3. The highest BCUT2D eigenvalue weighted by Gasteiger charge is 2.20. The van der Waals surface area contributed by atoms with E-state index in [4.69, 9.17) is 9.47 Å². The smallest absolute Gasteiger partial charge is 0.240 e. The van der Waals surface area contributed by atoms with Gasteiger partial charge in [0.2, 0.25) is 10.0 Å². The number of rotatable bonds is 12. The van der Waals surface area contributed by atoms with Crippen LogP contribution >= 0.6 is 0 Å². The van der Waals surface area contributed by atoms with Gasteiger partial charge in [0.05, 0.1) is 24.8 Å². The summed E-state index contributed by atoms with van der Waals surface area (Å²) in [5.74, 6) is 1.13. The number of ketones is 1. The predicted molar refractivity (Wildman–Crippen MR) is 155 cm³/mol. The third kappa shape index (κ3) is 7.60. The van der Waals surface area contributed by atoms with Gasteiger partial charge in [-0.3, -0.25) is 4.79 Å². The fourth-order valence-electron chi connectivity index (χ4n) is 4.97. The van der Waals surface area contributed by atoms with Crippen molar-refractivity contribution < 1.29 is 22.7 Å². The second-order valence-corrected chi connectivity index (χ2v) is 11.8. The molecule has 212 valence electrons. The van der Waals surface area contributed by atoms with Crippen molar-refractivity contribution in [2.75, 3.05) is 78.5 Å². The molecule has 2 aromatic rings. The summed E-state index contributed by atoms with van der Waals surface area (Å²) < 4.78 is 39.2. The highest BCUT2D eigenvalue weighted by molar-refractivity contribution is 7.89. The molecule has 0 amide bonds. The fourth-order valence-corrected chi connectivity index (χ4v) is 6.04. The Bertz CT molecular complexity index is 1250. The Balaban J connectivity index is 1.36. The number of carbonyl (C=O) groups is 1. The van der Waals surface area contributed by atoms with Crippen LogP contribution in [0.5, 0.6) is 11.5 Å². The fraction of sp³-hybridized carbons (Fsp3) is 0.483. The first-order valence-electron chi connectivity index (χ1n) is 13.5. The van der Waals surface area contributed by atoms with Crippen LogP contribution in [0.1, 0.15) is 35.2 Å². The largest absolute Gasteiger partial charge is 0.496 e. The number of hydrogen-bond donors (Lipinski definition) is 1. The van der Waals surface area contributed by atoms with Gasteiger partial charge < -0.3 is 24.2 Å². The molecular weight excluding hydrogens is 516 g/mol. The quantitative estimate of drug-likeness (QED) is 0.242. The summed E-state index contributed by atoms with van der Waals surface area (Å²) in [6.45, 7) is 7.28. The topological polar surface area (TPSA) is 91.4 Å². The first-order valence-corrected chi connectivity index (χ1v) is 15.0. The number of nitrogens with zero attached hydrogens (tertiary/aromatic N) is 3. The van der Waals surface area contributed by atoms with E-state index >= 15 is 0 Å². The maximum absolute atomic E-state index is 12.9. The molecule has 39 heavy (non-hydrogen) atoms. The van der Waals surface area contributed by atoms with E-state index in [2.05, 4.69) is 26.5 Å². The zero-order valence-corrected chi connectivity index (χ0v) is 24.0. The highest BCUT2D eigenvalue weighted by atomic mass is 32.2. The zero-order chi connectivity index (χ0) is 27.8. The van der Waals surface area contributed by atoms with E-state index in [1.54, 1.807) is 32.4 Å². The SMILES string of the molecule is COc1cc(OC)c(N2CCCC2)cc1C=CC(=O)c1ccc(S(=O)(=O)NCCCN2CCN(C)CC2)cc1. The molecular formula is C29H40N4O5S. The van der Waals surface area contributed by atoms with Crippen molar-refractivity contribution in [2.45, 2.75) is 24.2 Å². The summed E-state index contributed by atoms with van der Waals surface area (Å²) >= 11 is 0. The third-order valence-electron chi connectivity index (χ3n) is 7.38. The monoisotopic (exact) mass is 556 g/mol. The van der Waals surface area contributed by atoms with Crippen LogP contribution in [-0.2, 0) is 10.0 Å². The van der Waals surface area contributed by atoms with Gasteiger partial charge in [-0.25, -0.2) is 13.1 Å². The van der Waals surface area contributed by atoms with Gasteiger partial charge in [-0.2, -0.15) is 0 Å². The van der Waals surface area contributed by atoms with Gasteiger partial charge >= 0.3 is 0 Å². The average Bonchev–Trinajstić information content (AvgIpc) is 3.49. The van der Waals surface area contributed by atoms with Crippen LogP contribution in [0.2, 0.25) is 0 Å². The second-order valence-electron chi connectivity index (χ2n) is 10.1. The van der Waals surface area contributed by atoms with Crippen LogP contribution in [0.25, 0.3) is 6.08 Å². The summed E-state index contributed by atoms with van der Waals surface area (Å²) in [5.41, 5.74) is 2.16. The summed E-state index contributed by atoms with van der Waals surface area (Å²) in [6.07, 6.45) is 6.23. The summed E-state index contributed by atoms with van der Waals surface area (Å²) in [7, 11) is 1.70. The Morgan fingerprint density at radius 2 is 1.62 bits per heavy atom. The molecule has 9 nitrogen and oxygen atoms in total.